The minimum absolute atomic E-state index is 0.116. The maximum absolute atomic E-state index is 11.4. The third kappa shape index (κ3) is 2.20. The van der Waals surface area contributed by atoms with E-state index >= 15 is 0 Å². The summed E-state index contributed by atoms with van der Waals surface area (Å²) < 4.78 is 22.7. The predicted molar refractivity (Wildman–Crippen MR) is 54.3 cm³/mol. The van der Waals surface area contributed by atoms with Gasteiger partial charge in [0.05, 0.1) is 4.90 Å². The Kier molecular flexibility index (Phi) is 2.76. The maximum Gasteiger partial charge on any atom is 0.176 e. The van der Waals surface area contributed by atoms with E-state index in [0.29, 0.717) is 0 Å². The van der Waals surface area contributed by atoms with Crippen LogP contribution in [0.4, 0.5) is 0 Å². The van der Waals surface area contributed by atoms with Gasteiger partial charge >= 0.3 is 0 Å². The third-order valence-corrected chi connectivity index (χ3v) is 3.05. The molecule has 3 nitrogen and oxygen atoms in total. The molecule has 0 aliphatic rings. The average molecular weight is 212 g/mol. The molecule has 0 bridgehead atoms. The topological polar surface area (TPSA) is 51.2 Å². The van der Waals surface area contributed by atoms with Crippen molar-refractivity contribution in [2.75, 3.05) is 6.26 Å². The van der Waals surface area contributed by atoms with Crippen molar-refractivity contribution in [3.05, 3.63) is 29.3 Å². The number of aryl methyl sites for hydroxylation is 1. The molecule has 0 fully saturated rings. The van der Waals surface area contributed by atoms with Crippen molar-refractivity contribution in [1.29, 1.82) is 0 Å². The SMILES string of the molecule is CC(=O)c1ccc(C)cc1S(C)(=O)=O. The van der Waals surface area contributed by atoms with Crippen LogP contribution in [0.5, 0.6) is 0 Å². The number of ketones is 1. The van der Waals surface area contributed by atoms with E-state index in [0.717, 1.165) is 11.8 Å². The Bertz CT molecular complexity index is 472. The Labute approximate surface area is 83.7 Å². The van der Waals surface area contributed by atoms with E-state index in [1.165, 1.54) is 13.0 Å². The van der Waals surface area contributed by atoms with E-state index in [1.54, 1.807) is 19.1 Å². The zero-order chi connectivity index (χ0) is 10.9. The van der Waals surface area contributed by atoms with Crippen LogP contribution in [0, 0.1) is 6.92 Å². The molecule has 0 unspecified atom stereocenters. The van der Waals surface area contributed by atoms with Gasteiger partial charge in [-0.05, 0) is 31.5 Å². The largest absolute Gasteiger partial charge is 0.294 e. The van der Waals surface area contributed by atoms with Crippen LogP contribution in [-0.4, -0.2) is 20.5 Å². The molecule has 0 saturated carbocycles. The molecule has 1 rings (SSSR count). The van der Waals surface area contributed by atoms with Gasteiger partial charge in [-0.3, -0.25) is 4.79 Å². The summed E-state index contributed by atoms with van der Waals surface area (Å²) in [4.78, 5) is 11.3. The van der Waals surface area contributed by atoms with Gasteiger partial charge in [-0.2, -0.15) is 0 Å². The van der Waals surface area contributed by atoms with E-state index in [1.807, 2.05) is 0 Å². The van der Waals surface area contributed by atoms with Crippen LogP contribution in [0.3, 0.4) is 0 Å². The van der Waals surface area contributed by atoms with Crippen molar-refractivity contribution >= 4 is 15.6 Å². The molecule has 0 aliphatic heterocycles. The van der Waals surface area contributed by atoms with Gasteiger partial charge in [-0.25, -0.2) is 8.42 Å². The highest BCUT2D eigenvalue weighted by molar-refractivity contribution is 7.90. The first-order chi connectivity index (χ1) is 6.32. The van der Waals surface area contributed by atoms with E-state index in [4.69, 9.17) is 0 Å². The van der Waals surface area contributed by atoms with Gasteiger partial charge in [-0.1, -0.05) is 6.07 Å². The number of Topliss-reactive ketones (excluding diaryl/α,β-unsaturated/α-hetero) is 1. The molecule has 0 aliphatic carbocycles. The van der Waals surface area contributed by atoms with Gasteiger partial charge in [-0.15, -0.1) is 0 Å². The second-order valence-electron chi connectivity index (χ2n) is 3.33. The number of rotatable bonds is 2. The normalized spacial score (nSPS) is 11.4. The molecule has 0 spiro atoms. The fourth-order valence-electron chi connectivity index (χ4n) is 1.23. The molecular weight excluding hydrogens is 200 g/mol. The van der Waals surface area contributed by atoms with E-state index in [9.17, 15) is 13.2 Å². The number of carbonyl (C=O) groups is 1. The Balaban J connectivity index is 3.54. The lowest BCUT2D eigenvalue weighted by molar-refractivity contribution is 0.101. The van der Waals surface area contributed by atoms with Crippen LogP contribution in [0.25, 0.3) is 0 Å². The summed E-state index contributed by atoms with van der Waals surface area (Å²) in [6, 6.07) is 4.80. The van der Waals surface area contributed by atoms with E-state index < -0.39 is 9.84 Å². The summed E-state index contributed by atoms with van der Waals surface area (Å²) in [6.45, 7) is 3.15. The van der Waals surface area contributed by atoms with Crippen molar-refractivity contribution < 1.29 is 13.2 Å². The van der Waals surface area contributed by atoms with Crippen molar-refractivity contribution in [2.24, 2.45) is 0 Å². The summed E-state index contributed by atoms with van der Waals surface area (Å²) in [5.74, 6) is -0.231. The molecule has 0 N–H and O–H groups in total. The quantitative estimate of drug-likeness (QED) is 0.700. The summed E-state index contributed by atoms with van der Waals surface area (Å²) in [7, 11) is -3.32. The average Bonchev–Trinajstić information content (AvgIpc) is 2.01. The lowest BCUT2D eigenvalue weighted by atomic mass is 10.1. The third-order valence-electron chi connectivity index (χ3n) is 1.92. The standard InChI is InChI=1S/C10H12O3S/c1-7-4-5-9(8(2)11)10(6-7)14(3,12)13/h4-6H,1-3H3. The zero-order valence-corrected chi connectivity index (χ0v) is 9.18. The van der Waals surface area contributed by atoms with Crippen molar-refractivity contribution in [2.45, 2.75) is 18.7 Å². The fraction of sp³-hybridized carbons (Fsp3) is 0.300. The molecule has 0 aromatic heterocycles. The first kappa shape index (κ1) is 10.9. The molecule has 0 heterocycles. The zero-order valence-electron chi connectivity index (χ0n) is 8.37. The van der Waals surface area contributed by atoms with Crippen LogP contribution in [-0.2, 0) is 9.84 Å². The fourth-order valence-corrected chi connectivity index (χ4v) is 2.24. The first-order valence-electron chi connectivity index (χ1n) is 4.14. The minimum Gasteiger partial charge on any atom is -0.294 e. The highest BCUT2D eigenvalue weighted by Gasteiger charge is 2.15. The molecular formula is C10H12O3S. The molecule has 76 valence electrons. The second kappa shape index (κ2) is 3.53. The summed E-state index contributed by atoms with van der Waals surface area (Å²) in [6.07, 6.45) is 1.11. The Hall–Kier alpha value is -1.16. The van der Waals surface area contributed by atoms with Gasteiger partial charge in [0.15, 0.2) is 15.6 Å². The van der Waals surface area contributed by atoms with E-state index in [-0.39, 0.29) is 16.2 Å². The lowest BCUT2D eigenvalue weighted by Gasteiger charge is -2.05. The highest BCUT2D eigenvalue weighted by Crippen LogP contribution is 2.17. The summed E-state index contributed by atoms with van der Waals surface area (Å²) in [5, 5.41) is 0. The lowest BCUT2D eigenvalue weighted by Crippen LogP contribution is -2.06. The first-order valence-corrected chi connectivity index (χ1v) is 6.03. The van der Waals surface area contributed by atoms with Gasteiger partial charge in [0.2, 0.25) is 0 Å². The number of carbonyl (C=O) groups excluding carboxylic acids is 1. The van der Waals surface area contributed by atoms with E-state index in [2.05, 4.69) is 0 Å². The van der Waals surface area contributed by atoms with Gasteiger partial charge in [0.1, 0.15) is 0 Å². The van der Waals surface area contributed by atoms with Crippen LogP contribution < -0.4 is 0 Å². The molecule has 0 saturated heterocycles. The smallest absolute Gasteiger partial charge is 0.176 e. The van der Waals surface area contributed by atoms with Gasteiger partial charge in [0.25, 0.3) is 0 Å². The monoisotopic (exact) mass is 212 g/mol. The molecule has 0 amide bonds. The minimum atomic E-state index is -3.32. The van der Waals surface area contributed by atoms with Crippen LogP contribution in [0.2, 0.25) is 0 Å². The number of hydrogen-bond acceptors (Lipinski definition) is 3. The van der Waals surface area contributed by atoms with Gasteiger partial charge < -0.3 is 0 Å². The predicted octanol–water partition coefficient (Wildman–Crippen LogP) is 1.60. The molecule has 0 atom stereocenters. The van der Waals surface area contributed by atoms with Crippen molar-refractivity contribution in [3.63, 3.8) is 0 Å². The van der Waals surface area contributed by atoms with Crippen LogP contribution in [0.15, 0.2) is 23.1 Å². The van der Waals surface area contributed by atoms with Crippen LogP contribution >= 0.6 is 0 Å². The van der Waals surface area contributed by atoms with Crippen molar-refractivity contribution in [1.82, 2.24) is 0 Å². The molecule has 0 radical (unpaired) electrons. The number of sulfone groups is 1. The number of hydrogen-bond donors (Lipinski definition) is 0. The highest BCUT2D eigenvalue weighted by atomic mass is 32.2. The molecule has 14 heavy (non-hydrogen) atoms. The second-order valence-corrected chi connectivity index (χ2v) is 5.31. The Morgan fingerprint density at radius 1 is 1.29 bits per heavy atom. The molecule has 4 heteroatoms. The maximum atomic E-state index is 11.4. The Morgan fingerprint density at radius 3 is 2.29 bits per heavy atom. The summed E-state index contributed by atoms with van der Waals surface area (Å²) >= 11 is 0. The molecule has 1 aromatic carbocycles. The van der Waals surface area contributed by atoms with Crippen molar-refractivity contribution in [3.8, 4) is 0 Å². The number of benzene rings is 1. The Morgan fingerprint density at radius 2 is 1.86 bits per heavy atom. The summed E-state index contributed by atoms with van der Waals surface area (Å²) in [5.41, 5.74) is 1.09. The van der Waals surface area contributed by atoms with Gasteiger partial charge in [0, 0.05) is 11.8 Å². The molecule has 1 aromatic rings. The van der Waals surface area contributed by atoms with Crippen LogP contribution in [0.1, 0.15) is 22.8 Å².